The smallest absolute Gasteiger partial charge is 0.335 e. The number of rotatable bonds is 5. The second-order valence-corrected chi connectivity index (χ2v) is 7.21. The second-order valence-electron chi connectivity index (χ2n) is 5.47. The molecule has 0 aromatic heterocycles. The standard InChI is InChI=1S/C14H19NO5S/c1-9-2-4-11(14(17)18)7-13(9)21(19,20)15-8-10-3-5-12(16)6-10/h2,4,7,10,12,15-16H,3,5-6,8H2,1H3,(H,17,18). The topological polar surface area (TPSA) is 104 Å². The summed E-state index contributed by atoms with van der Waals surface area (Å²) < 4.78 is 27.1. The van der Waals surface area contributed by atoms with E-state index in [9.17, 15) is 18.3 Å². The molecule has 0 bridgehead atoms. The number of carboxylic acids is 1. The number of carboxylic acid groups (broad SMARTS) is 1. The first-order valence-electron chi connectivity index (χ1n) is 6.81. The minimum atomic E-state index is -3.75. The molecule has 2 atom stereocenters. The second kappa shape index (κ2) is 6.13. The number of aryl methyl sites for hydroxylation is 1. The maximum absolute atomic E-state index is 12.3. The third kappa shape index (κ3) is 3.81. The SMILES string of the molecule is Cc1ccc(C(=O)O)cc1S(=O)(=O)NCC1CCC(O)C1. The van der Waals surface area contributed by atoms with Crippen molar-refractivity contribution in [1.29, 1.82) is 0 Å². The number of nitrogens with one attached hydrogen (secondary N) is 1. The van der Waals surface area contributed by atoms with Gasteiger partial charge in [0.1, 0.15) is 0 Å². The van der Waals surface area contributed by atoms with Crippen LogP contribution in [-0.2, 0) is 10.0 Å². The molecular formula is C14H19NO5S. The first-order valence-corrected chi connectivity index (χ1v) is 8.29. The van der Waals surface area contributed by atoms with Crippen LogP contribution in [0.1, 0.15) is 35.2 Å². The molecule has 0 heterocycles. The highest BCUT2D eigenvalue weighted by molar-refractivity contribution is 7.89. The molecule has 7 heteroatoms. The van der Waals surface area contributed by atoms with Crippen molar-refractivity contribution in [3.63, 3.8) is 0 Å². The Bertz CT molecular complexity index is 641. The van der Waals surface area contributed by atoms with Crippen LogP contribution < -0.4 is 4.72 Å². The average Bonchev–Trinajstić information content (AvgIpc) is 2.82. The molecule has 0 spiro atoms. The lowest BCUT2D eigenvalue weighted by atomic mass is 10.1. The predicted molar refractivity (Wildman–Crippen MR) is 76.7 cm³/mol. The van der Waals surface area contributed by atoms with Gasteiger partial charge in [0.25, 0.3) is 0 Å². The van der Waals surface area contributed by atoms with Crippen molar-refractivity contribution in [2.75, 3.05) is 6.54 Å². The number of benzene rings is 1. The normalized spacial score (nSPS) is 22.4. The Labute approximate surface area is 123 Å². The van der Waals surface area contributed by atoms with Crippen LogP contribution >= 0.6 is 0 Å². The van der Waals surface area contributed by atoms with Gasteiger partial charge in [-0.15, -0.1) is 0 Å². The molecular weight excluding hydrogens is 294 g/mol. The van der Waals surface area contributed by atoms with Crippen LogP contribution in [0.15, 0.2) is 23.1 Å². The molecule has 1 aliphatic carbocycles. The molecule has 1 aromatic rings. The van der Waals surface area contributed by atoms with Crippen molar-refractivity contribution in [2.45, 2.75) is 37.2 Å². The van der Waals surface area contributed by atoms with Crippen LogP contribution in [-0.4, -0.2) is 37.2 Å². The number of aliphatic hydroxyl groups is 1. The summed E-state index contributed by atoms with van der Waals surface area (Å²) in [6.45, 7) is 1.88. The van der Waals surface area contributed by atoms with E-state index in [0.717, 1.165) is 6.42 Å². The van der Waals surface area contributed by atoms with Gasteiger partial charge < -0.3 is 10.2 Å². The highest BCUT2D eigenvalue weighted by Gasteiger charge is 2.25. The van der Waals surface area contributed by atoms with Crippen molar-refractivity contribution < 1.29 is 23.4 Å². The third-order valence-electron chi connectivity index (χ3n) is 3.80. The zero-order valence-corrected chi connectivity index (χ0v) is 12.6. The minimum Gasteiger partial charge on any atom is -0.478 e. The molecule has 1 fully saturated rings. The van der Waals surface area contributed by atoms with E-state index in [1.165, 1.54) is 18.2 Å². The number of aliphatic hydroxyl groups excluding tert-OH is 1. The third-order valence-corrected chi connectivity index (χ3v) is 5.37. The quantitative estimate of drug-likeness (QED) is 0.756. The van der Waals surface area contributed by atoms with E-state index >= 15 is 0 Å². The molecule has 6 nitrogen and oxygen atoms in total. The van der Waals surface area contributed by atoms with Gasteiger partial charge in [0.2, 0.25) is 10.0 Å². The molecule has 2 unspecified atom stereocenters. The summed E-state index contributed by atoms with van der Waals surface area (Å²) in [5.41, 5.74) is 0.441. The Morgan fingerprint density at radius 1 is 1.38 bits per heavy atom. The Kier molecular flexibility index (Phi) is 4.65. The van der Waals surface area contributed by atoms with E-state index in [0.29, 0.717) is 18.4 Å². The Hall–Kier alpha value is -1.44. The Morgan fingerprint density at radius 3 is 2.67 bits per heavy atom. The van der Waals surface area contributed by atoms with Gasteiger partial charge in [0, 0.05) is 6.54 Å². The molecule has 21 heavy (non-hydrogen) atoms. The first kappa shape index (κ1) is 15.9. The highest BCUT2D eigenvalue weighted by atomic mass is 32.2. The number of hydrogen-bond donors (Lipinski definition) is 3. The number of sulfonamides is 1. The van der Waals surface area contributed by atoms with Crippen molar-refractivity contribution in [3.8, 4) is 0 Å². The van der Waals surface area contributed by atoms with E-state index in [1.54, 1.807) is 6.92 Å². The van der Waals surface area contributed by atoms with Crippen LogP contribution in [0, 0.1) is 12.8 Å². The molecule has 0 aliphatic heterocycles. The fourth-order valence-electron chi connectivity index (χ4n) is 2.56. The maximum Gasteiger partial charge on any atom is 0.335 e. The molecule has 3 N–H and O–H groups in total. The Balaban J connectivity index is 2.15. The lowest BCUT2D eigenvalue weighted by Gasteiger charge is -2.13. The highest BCUT2D eigenvalue weighted by Crippen LogP contribution is 2.25. The first-order chi connectivity index (χ1) is 9.79. The summed E-state index contributed by atoms with van der Waals surface area (Å²) in [4.78, 5) is 10.9. The molecule has 2 rings (SSSR count). The van der Waals surface area contributed by atoms with Gasteiger partial charge in [-0.3, -0.25) is 0 Å². The van der Waals surface area contributed by atoms with E-state index in [1.807, 2.05) is 0 Å². The van der Waals surface area contributed by atoms with Gasteiger partial charge in [-0.2, -0.15) is 0 Å². The monoisotopic (exact) mass is 313 g/mol. The van der Waals surface area contributed by atoms with Crippen molar-refractivity contribution >= 4 is 16.0 Å². The molecule has 0 amide bonds. The Morgan fingerprint density at radius 2 is 2.10 bits per heavy atom. The van der Waals surface area contributed by atoms with E-state index in [-0.39, 0.29) is 29.0 Å². The molecule has 0 saturated heterocycles. The van der Waals surface area contributed by atoms with Crippen LogP contribution in [0.3, 0.4) is 0 Å². The van der Waals surface area contributed by atoms with Gasteiger partial charge in [-0.25, -0.2) is 17.9 Å². The predicted octanol–water partition coefficient (Wildman–Crippen LogP) is 1.13. The molecule has 1 aromatic carbocycles. The molecule has 1 saturated carbocycles. The lowest BCUT2D eigenvalue weighted by Crippen LogP contribution is -2.29. The van der Waals surface area contributed by atoms with Gasteiger partial charge in [-0.1, -0.05) is 6.07 Å². The van der Waals surface area contributed by atoms with Crippen molar-refractivity contribution in [2.24, 2.45) is 5.92 Å². The van der Waals surface area contributed by atoms with Crippen LogP contribution in [0.4, 0.5) is 0 Å². The summed E-state index contributed by atoms with van der Waals surface area (Å²) >= 11 is 0. The summed E-state index contributed by atoms with van der Waals surface area (Å²) in [6, 6.07) is 4.03. The van der Waals surface area contributed by atoms with Gasteiger partial charge in [0.05, 0.1) is 16.6 Å². The van der Waals surface area contributed by atoms with Gasteiger partial charge in [0.15, 0.2) is 0 Å². The van der Waals surface area contributed by atoms with E-state index < -0.39 is 16.0 Å². The van der Waals surface area contributed by atoms with E-state index in [4.69, 9.17) is 5.11 Å². The number of aromatic carboxylic acids is 1. The zero-order chi connectivity index (χ0) is 15.6. The molecule has 116 valence electrons. The lowest BCUT2D eigenvalue weighted by molar-refractivity contribution is 0.0696. The number of hydrogen-bond acceptors (Lipinski definition) is 4. The fraction of sp³-hybridized carbons (Fsp3) is 0.500. The maximum atomic E-state index is 12.3. The largest absolute Gasteiger partial charge is 0.478 e. The summed E-state index contributed by atoms with van der Waals surface area (Å²) in [7, 11) is -3.75. The summed E-state index contributed by atoms with van der Waals surface area (Å²) in [6.07, 6.45) is 1.73. The summed E-state index contributed by atoms with van der Waals surface area (Å²) in [5, 5.41) is 18.4. The minimum absolute atomic E-state index is 0.0130. The molecule has 0 radical (unpaired) electrons. The van der Waals surface area contributed by atoms with Gasteiger partial charge >= 0.3 is 5.97 Å². The van der Waals surface area contributed by atoms with Crippen molar-refractivity contribution in [3.05, 3.63) is 29.3 Å². The molecule has 1 aliphatic rings. The van der Waals surface area contributed by atoms with Crippen LogP contribution in [0.2, 0.25) is 0 Å². The number of carbonyl (C=O) groups is 1. The van der Waals surface area contributed by atoms with Crippen LogP contribution in [0.5, 0.6) is 0 Å². The summed E-state index contributed by atoms with van der Waals surface area (Å²) in [5.74, 6) is -1.04. The van der Waals surface area contributed by atoms with Gasteiger partial charge in [-0.05, 0) is 49.8 Å². The van der Waals surface area contributed by atoms with Crippen LogP contribution in [0.25, 0.3) is 0 Å². The zero-order valence-electron chi connectivity index (χ0n) is 11.7. The average molecular weight is 313 g/mol. The fourth-order valence-corrected chi connectivity index (χ4v) is 3.95. The van der Waals surface area contributed by atoms with Crippen molar-refractivity contribution in [1.82, 2.24) is 4.72 Å². The van der Waals surface area contributed by atoms with E-state index in [2.05, 4.69) is 4.72 Å².